The Morgan fingerprint density at radius 3 is 2.57 bits per heavy atom. The number of hydrogen-bond acceptors (Lipinski definition) is 3. The molecule has 3 nitrogen and oxygen atoms in total. The van der Waals surface area contributed by atoms with Crippen LogP contribution in [0.25, 0.3) is 21.9 Å². The minimum absolute atomic E-state index is 0.714. The molecular weight excluding hydrogens is 286 g/mol. The number of hydrogen-bond donors (Lipinski definition) is 1. The maximum absolute atomic E-state index is 5.86. The summed E-state index contributed by atoms with van der Waals surface area (Å²) in [6, 6.07) is 22.3. The summed E-state index contributed by atoms with van der Waals surface area (Å²) in [6.07, 6.45) is 0. The Kier molecular flexibility index (Phi) is 3.39. The third kappa shape index (κ3) is 2.50. The third-order valence-electron chi connectivity index (χ3n) is 4.05. The highest BCUT2D eigenvalue weighted by Crippen LogP contribution is 2.30. The normalized spacial score (nSPS) is 11.0. The van der Waals surface area contributed by atoms with Crippen LogP contribution in [-0.2, 0) is 6.54 Å². The van der Waals surface area contributed by atoms with Crippen LogP contribution in [-0.4, -0.2) is 7.11 Å². The van der Waals surface area contributed by atoms with Crippen molar-refractivity contribution in [1.82, 2.24) is 0 Å². The van der Waals surface area contributed by atoms with Crippen molar-refractivity contribution in [2.75, 3.05) is 12.4 Å². The largest absolute Gasteiger partial charge is 0.496 e. The summed E-state index contributed by atoms with van der Waals surface area (Å²) in [5.74, 6) is 0.898. The van der Waals surface area contributed by atoms with Crippen LogP contribution in [0.1, 0.15) is 5.56 Å². The van der Waals surface area contributed by atoms with Crippen LogP contribution < -0.4 is 10.1 Å². The molecule has 1 N–H and O–H groups in total. The van der Waals surface area contributed by atoms with Crippen LogP contribution in [0, 0.1) is 0 Å². The molecule has 0 saturated heterocycles. The quantitative estimate of drug-likeness (QED) is 0.562. The fourth-order valence-electron chi connectivity index (χ4n) is 2.88. The minimum Gasteiger partial charge on any atom is -0.496 e. The number of rotatable bonds is 4. The molecule has 0 unspecified atom stereocenters. The molecule has 4 aromatic rings. The zero-order valence-electron chi connectivity index (χ0n) is 12.9. The van der Waals surface area contributed by atoms with E-state index in [-0.39, 0.29) is 0 Å². The van der Waals surface area contributed by atoms with E-state index < -0.39 is 0 Å². The second-order valence-electron chi connectivity index (χ2n) is 5.47. The second-order valence-corrected chi connectivity index (χ2v) is 5.47. The van der Waals surface area contributed by atoms with Crippen molar-refractivity contribution >= 4 is 27.6 Å². The van der Waals surface area contributed by atoms with E-state index in [1.165, 1.54) is 0 Å². The molecule has 0 aliphatic carbocycles. The number of benzene rings is 3. The first-order valence-corrected chi connectivity index (χ1v) is 7.62. The lowest BCUT2D eigenvalue weighted by Gasteiger charge is -2.10. The Labute approximate surface area is 134 Å². The predicted molar refractivity (Wildman–Crippen MR) is 94.0 cm³/mol. The van der Waals surface area contributed by atoms with Gasteiger partial charge in [-0.15, -0.1) is 0 Å². The lowest BCUT2D eigenvalue weighted by molar-refractivity contribution is 0.410. The monoisotopic (exact) mass is 303 g/mol. The summed E-state index contributed by atoms with van der Waals surface area (Å²) >= 11 is 0. The van der Waals surface area contributed by atoms with Crippen LogP contribution >= 0.6 is 0 Å². The fraction of sp³-hybridized carbons (Fsp3) is 0.100. The average Bonchev–Trinajstić information content (AvgIpc) is 2.98. The number of nitrogens with one attached hydrogen (secondary N) is 1. The lowest BCUT2D eigenvalue weighted by atomic mass is 10.1. The van der Waals surface area contributed by atoms with Crippen molar-refractivity contribution in [1.29, 1.82) is 0 Å². The summed E-state index contributed by atoms with van der Waals surface area (Å²) < 4.78 is 11.3. The van der Waals surface area contributed by atoms with Crippen molar-refractivity contribution in [2.45, 2.75) is 6.54 Å². The van der Waals surface area contributed by atoms with E-state index >= 15 is 0 Å². The minimum atomic E-state index is 0.714. The van der Waals surface area contributed by atoms with Crippen molar-refractivity contribution in [3.63, 3.8) is 0 Å². The van der Waals surface area contributed by atoms with E-state index in [1.54, 1.807) is 7.11 Å². The van der Waals surface area contributed by atoms with E-state index in [1.807, 2.05) is 48.5 Å². The van der Waals surface area contributed by atoms with Crippen LogP contribution in [0.4, 0.5) is 5.69 Å². The highest BCUT2D eigenvalue weighted by Gasteiger charge is 2.07. The Bertz CT molecular complexity index is 972. The number of ether oxygens (including phenoxy) is 1. The number of anilines is 1. The van der Waals surface area contributed by atoms with Crippen molar-refractivity contribution in [3.05, 3.63) is 72.3 Å². The molecule has 0 saturated carbocycles. The van der Waals surface area contributed by atoms with Crippen molar-refractivity contribution < 1.29 is 9.15 Å². The van der Waals surface area contributed by atoms with Gasteiger partial charge in [0.05, 0.1) is 7.11 Å². The number of para-hydroxylation sites is 2. The van der Waals surface area contributed by atoms with Crippen molar-refractivity contribution in [2.24, 2.45) is 0 Å². The molecule has 0 amide bonds. The zero-order chi connectivity index (χ0) is 15.6. The average molecular weight is 303 g/mol. The molecule has 0 aliphatic heterocycles. The topological polar surface area (TPSA) is 34.4 Å². The standard InChI is InChI=1S/C20H17NO2/c1-22-18-8-4-2-6-14(18)13-21-15-10-11-20-17(12-15)16-7-3-5-9-19(16)23-20/h2-12,21H,13H2,1H3. The molecule has 0 atom stereocenters. The highest BCUT2D eigenvalue weighted by atomic mass is 16.5. The van der Waals surface area contributed by atoms with Crippen LogP contribution in [0.3, 0.4) is 0 Å². The summed E-state index contributed by atoms with van der Waals surface area (Å²) in [4.78, 5) is 0. The van der Waals surface area contributed by atoms with Gasteiger partial charge in [-0.3, -0.25) is 0 Å². The van der Waals surface area contributed by atoms with Gasteiger partial charge >= 0.3 is 0 Å². The van der Waals surface area contributed by atoms with Gasteiger partial charge in [-0.05, 0) is 30.3 Å². The Morgan fingerprint density at radius 1 is 0.870 bits per heavy atom. The van der Waals surface area contributed by atoms with E-state index in [4.69, 9.17) is 9.15 Å². The molecule has 0 spiro atoms. The molecule has 4 rings (SSSR count). The maximum Gasteiger partial charge on any atom is 0.135 e. The maximum atomic E-state index is 5.86. The molecule has 1 heterocycles. The predicted octanol–water partition coefficient (Wildman–Crippen LogP) is 5.21. The summed E-state index contributed by atoms with van der Waals surface area (Å²) in [6.45, 7) is 0.714. The molecule has 3 heteroatoms. The fourth-order valence-corrected chi connectivity index (χ4v) is 2.88. The molecule has 23 heavy (non-hydrogen) atoms. The third-order valence-corrected chi connectivity index (χ3v) is 4.05. The van der Waals surface area contributed by atoms with Gasteiger partial charge in [-0.1, -0.05) is 36.4 Å². The Hall–Kier alpha value is -2.94. The molecule has 3 aromatic carbocycles. The van der Waals surface area contributed by atoms with E-state index in [9.17, 15) is 0 Å². The molecule has 0 fully saturated rings. The summed E-state index contributed by atoms with van der Waals surface area (Å²) in [5, 5.41) is 5.73. The van der Waals surface area contributed by atoms with Crippen LogP contribution in [0.5, 0.6) is 5.75 Å². The lowest BCUT2D eigenvalue weighted by Crippen LogP contribution is -2.01. The first kappa shape index (κ1) is 13.7. The first-order valence-electron chi connectivity index (χ1n) is 7.62. The summed E-state index contributed by atoms with van der Waals surface area (Å²) in [5.41, 5.74) is 4.03. The van der Waals surface area contributed by atoms with Crippen molar-refractivity contribution in [3.8, 4) is 5.75 Å². The van der Waals surface area contributed by atoms with Gasteiger partial charge in [0.1, 0.15) is 16.9 Å². The van der Waals surface area contributed by atoms with Gasteiger partial charge in [0, 0.05) is 28.6 Å². The first-order chi connectivity index (χ1) is 11.3. The highest BCUT2D eigenvalue weighted by molar-refractivity contribution is 6.05. The Morgan fingerprint density at radius 2 is 1.65 bits per heavy atom. The molecule has 0 bridgehead atoms. The van der Waals surface area contributed by atoms with Gasteiger partial charge in [0.2, 0.25) is 0 Å². The van der Waals surface area contributed by atoms with E-state index in [0.29, 0.717) is 6.54 Å². The smallest absolute Gasteiger partial charge is 0.135 e. The van der Waals surface area contributed by atoms with E-state index in [0.717, 1.165) is 38.9 Å². The van der Waals surface area contributed by atoms with Gasteiger partial charge < -0.3 is 14.5 Å². The van der Waals surface area contributed by atoms with E-state index in [2.05, 4.69) is 23.5 Å². The molecule has 114 valence electrons. The zero-order valence-corrected chi connectivity index (χ0v) is 12.9. The van der Waals surface area contributed by atoms with Crippen LogP contribution in [0.15, 0.2) is 71.1 Å². The van der Waals surface area contributed by atoms with Crippen LogP contribution in [0.2, 0.25) is 0 Å². The number of furan rings is 1. The van der Waals surface area contributed by atoms with Gasteiger partial charge in [-0.25, -0.2) is 0 Å². The molecule has 1 aromatic heterocycles. The number of methoxy groups -OCH3 is 1. The summed E-state index contributed by atoms with van der Waals surface area (Å²) in [7, 11) is 1.70. The van der Waals surface area contributed by atoms with Gasteiger partial charge in [0.25, 0.3) is 0 Å². The van der Waals surface area contributed by atoms with Gasteiger partial charge in [0.15, 0.2) is 0 Å². The number of fused-ring (bicyclic) bond motifs is 3. The molecular formula is C20H17NO2. The Balaban J connectivity index is 1.65. The van der Waals surface area contributed by atoms with Gasteiger partial charge in [-0.2, -0.15) is 0 Å². The SMILES string of the molecule is COc1ccccc1CNc1ccc2oc3ccccc3c2c1. The molecule has 0 aliphatic rings. The second kappa shape index (κ2) is 5.69. The molecule has 0 radical (unpaired) electrons.